The lowest BCUT2D eigenvalue weighted by molar-refractivity contribution is -0.384. The van der Waals surface area contributed by atoms with Crippen molar-refractivity contribution in [3.05, 3.63) is 75.2 Å². The summed E-state index contributed by atoms with van der Waals surface area (Å²) in [6, 6.07) is 8.84. The quantitative estimate of drug-likeness (QED) is 0.562. The predicted molar refractivity (Wildman–Crippen MR) is 103 cm³/mol. The second kappa shape index (κ2) is 6.55. The summed E-state index contributed by atoms with van der Waals surface area (Å²) in [6.07, 6.45) is 7.61. The predicted octanol–water partition coefficient (Wildman–Crippen LogP) is 4.45. The van der Waals surface area contributed by atoms with Gasteiger partial charge in [-0.2, -0.15) is 0 Å². The number of allylic oxidation sites excluding steroid dienone is 1. The average Bonchev–Trinajstić information content (AvgIpc) is 2.97. The van der Waals surface area contributed by atoms with Gasteiger partial charge in [-0.25, -0.2) is 0 Å². The molecule has 3 heterocycles. The first kappa shape index (κ1) is 16.2. The molecule has 1 aliphatic heterocycles. The Morgan fingerprint density at radius 1 is 1.31 bits per heavy atom. The molecule has 0 saturated heterocycles. The van der Waals surface area contributed by atoms with Crippen molar-refractivity contribution >= 4 is 28.4 Å². The Morgan fingerprint density at radius 2 is 2.19 bits per heavy atom. The Kier molecular flexibility index (Phi) is 4.08. The molecule has 0 fully saturated rings. The highest BCUT2D eigenvalue weighted by molar-refractivity contribution is 6.16. The largest absolute Gasteiger partial charge is 0.358 e. The molecule has 0 bridgehead atoms. The SMILES string of the molecule is Cc1[nH]c2ccc([N+](=O)[O-])cc2c1C=C1CCCN=C1c1cccnc1. The fraction of sp³-hybridized carbons (Fsp3) is 0.200. The van der Waals surface area contributed by atoms with E-state index in [0.29, 0.717) is 0 Å². The minimum atomic E-state index is -0.359. The van der Waals surface area contributed by atoms with E-state index < -0.39 is 0 Å². The molecule has 6 nitrogen and oxygen atoms in total. The molecule has 0 amide bonds. The zero-order valence-corrected chi connectivity index (χ0v) is 14.4. The third kappa shape index (κ3) is 2.90. The van der Waals surface area contributed by atoms with Gasteiger partial charge in [0.25, 0.3) is 5.69 Å². The van der Waals surface area contributed by atoms with Crippen LogP contribution in [0.25, 0.3) is 17.0 Å². The number of nitrogens with zero attached hydrogens (tertiary/aromatic N) is 3. The molecular formula is C20H18N4O2. The molecule has 1 aliphatic rings. The normalized spacial score (nSPS) is 16.0. The van der Waals surface area contributed by atoms with Crippen molar-refractivity contribution in [3.8, 4) is 0 Å². The lowest BCUT2D eigenvalue weighted by atomic mass is 9.94. The fourth-order valence-electron chi connectivity index (χ4n) is 3.41. The number of nitrogens with one attached hydrogen (secondary N) is 1. The van der Waals surface area contributed by atoms with Gasteiger partial charge in [-0.15, -0.1) is 0 Å². The fourth-order valence-corrected chi connectivity index (χ4v) is 3.41. The average molecular weight is 346 g/mol. The lowest BCUT2D eigenvalue weighted by Gasteiger charge is -2.16. The molecule has 0 saturated carbocycles. The number of aliphatic imine (C=N–C) groups is 1. The van der Waals surface area contributed by atoms with Crippen molar-refractivity contribution in [1.82, 2.24) is 9.97 Å². The van der Waals surface area contributed by atoms with E-state index in [4.69, 9.17) is 4.99 Å². The van der Waals surface area contributed by atoms with E-state index in [1.807, 2.05) is 25.3 Å². The first-order chi connectivity index (χ1) is 12.6. The van der Waals surface area contributed by atoms with Gasteiger partial charge in [-0.3, -0.25) is 20.1 Å². The van der Waals surface area contributed by atoms with Crippen molar-refractivity contribution in [3.63, 3.8) is 0 Å². The molecule has 26 heavy (non-hydrogen) atoms. The zero-order valence-electron chi connectivity index (χ0n) is 14.4. The minimum absolute atomic E-state index is 0.0981. The van der Waals surface area contributed by atoms with E-state index in [1.54, 1.807) is 18.3 Å². The zero-order chi connectivity index (χ0) is 18.1. The highest BCUT2D eigenvalue weighted by Crippen LogP contribution is 2.30. The van der Waals surface area contributed by atoms with Crippen LogP contribution in [0.5, 0.6) is 0 Å². The van der Waals surface area contributed by atoms with Crippen LogP contribution in [0.4, 0.5) is 5.69 Å². The van der Waals surface area contributed by atoms with E-state index >= 15 is 0 Å². The number of nitro groups is 1. The number of H-pyrrole nitrogens is 1. The number of hydrogen-bond donors (Lipinski definition) is 1. The molecule has 0 unspecified atom stereocenters. The molecule has 4 rings (SSSR count). The Balaban J connectivity index is 1.85. The summed E-state index contributed by atoms with van der Waals surface area (Å²) in [5, 5.41) is 12.0. The third-order valence-electron chi connectivity index (χ3n) is 4.66. The van der Waals surface area contributed by atoms with Crippen LogP contribution in [0, 0.1) is 17.0 Å². The summed E-state index contributed by atoms with van der Waals surface area (Å²) in [6.45, 7) is 2.79. The summed E-state index contributed by atoms with van der Waals surface area (Å²) in [4.78, 5) is 23.0. The maximum atomic E-state index is 11.1. The van der Waals surface area contributed by atoms with E-state index in [9.17, 15) is 10.1 Å². The van der Waals surface area contributed by atoms with Crippen molar-refractivity contribution in [1.29, 1.82) is 0 Å². The van der Waals surface area contributed by atoms with Crippen LogP contribution in [0.15, 0.2) is 53.3 Å². The lowest BCUT2D eigenvalue weighted by Crippen LogP contribution is -2.12. The number of pyridine rings is 1. The number of hydrogen-bond acceptors (Lipinski definition) is 4. The van der Waals surface area contributed by atoms with Gasteiger partial charge in [0.05, 0.1) is 10.6 Å². The number of rotatable bonds is 3. The van der Waals surface area contributed by atoms with Gasteiger partial charge >= 0.3 is 0 Å². The number of nitro benzene ring substituents is 1. The van der Waals surface area contributed by atoms with Gasteiger partial charge in [0.2, 0.25) is 0 Å². The van der Waals surface area contributed by atoms with Crippen molar-refractivity contribution in [2.45, 2.75) is 19.8 Å². The van der Waals surface area contributed by atoms with E-state index in [2.05, 4.69) is 16.0 Å². The molecule has 1 aromatic carbocycles. The molecule has 3 aromatic rings. The van der Waals surface area contributed by atoms with Crippen LogP contribution < -0.4 is 0 Å². The van der Waals surface area contributed by atoms with Gasteiger partial charge in [0.15, 0.2) is 0 Å². The van der Waals surface area contributed by atoms with Crippen LogP contribution in [-0.2, 0) is 0 Å². The van der Waals surface area contributed by atoms with Crippen LogP contribution >= 0.6 is 0 Å². The van der Waals surface area contributed by atoms with E-state index in [0.717, 1.165) is 58.4 Å². The maximum absolute atomic E-state index is 11.1. The topological polar surface area (TPSA) is 84.2 Å². The molecule has 2 aromatic heterocycles. The van der Waals surface area contributed by atoms with Crippen LogP contribution in [0.3, 0.4) is 0 Å². The number of non-ortho nitro benzene ring substituents is 1. The van der Waals surface area contributed by atoms with E-state index in [1.165, 1.54) is 6.07 Å². The van der Waals surface area contributed by atoms with E-state index in [-0.39, 0.29) is 10.6 Å². The van der Waals surface area contributed by atoms with Gasteiger partial charge in [0, 0.05) is 58.8 Å². The van der Waals surface area contributed by atoms with Crippen molar-refractivity contribution in [2.24, 2.45) is 4.99 Å². The number of fused-ring (bicyclic) bond motifs is 1. The Bertz CT molecular complexity index is 1050. The molecule has 0 spiro atoms. The second-order valence-corrected chi connectivity index (χ2v) is 6.40. The van der Waals surface area contributed by atoms with Crippen molar-refractivity contribution < 1.29 is 4.92 Å². The number of benzene rings is 1. The summed E-state index contributed by atoms with van der Waals surface area (Å²) in [7, 11) is 0. The standard InChI is InChI=1S/C20H18N4O2/c1-13-17(18-11-16(24(25)26)6-7-19(18)23-13)10-14-4-3-9-22-20(14)15-5-2-8-21-12-15/h2,5-8,10-12,23H,3-4,9H2,1H3. The Morgan fingerprint density at radius 3 is 2.96 bits per heavy atom. The summed E-state index contributed by atoms with van der Waals surface area (Å²) >= 11 is 0. The molecule has 1 N–H and O–H groups in total. The molecule has 6 heteroatoms. The number of aromatic amines is 1. The van der Waals surface area contributed by atoms with Gasteiger partial charge < -0.3 is 4.98 Å². The van der Waals surface area contributed by atoms with Crippen LogP contribution in [0.2, 0.25) is 0 Å². The Hall–Kier alpha value is -3.28. The molecule has 0 aliphatic carbocycles. The summed E-state index contributed by atoms with van der Waals surface area (Å²) in [5.74, 6) is 0. The highest BCUT2D eigenvalue weighted by Gasteiger charge is 2.17. The number of aromatic nitrogens is 2. The van der Waals surface area contributed by atoms with Gasteiger partial charge in [0.1, 0.15) is 0 Å². The minimum Gasteiger partial charge on any atom is -0.358 e. The van der Waals surface area contributed by atoms with Crippen LogP contribution in [0.1, 0.15) is 29.7 Å². The summed E-state index contributed by atoms with van der Waals surface area (Å²) < 4.78 is 0. The van der Waals surface area contributed by atoms with Crippen LogP contribution in [-0.4, -0.2) is 27.1 Å². The van der Waals surface area contributed by atoms with Crippen molar-refractivity contribution in [2.75, 3.05) is 6.54 Å². The first-order valence-electron chi connectivity index (χ1n) is 8.56. The molecule has 0 radical (unpaired) electrons. The van der Waals surface area contributed by atoms with Gasteiger partial charge in [-0.05, 0) is 49.6 Å². The first-order valence-corrected chi connectivity index (χ1v) is 8.56. The smallest absolute Gasteiger partial charge is 0.270 e. The maximum Gasteiger partial charge on any atom is 0.270 e. The molecular weight excluding hydrogens is 328 g/mol. The second-order valence-electron chi connectivity index (χ2n) is 6.40. The number of aryl methyl sites for hydroxylation is 1. The molecule has 0 atom stereocenters. The highest BCUT2D eigenvalue weighted by atomic mass is 16.6. The van der Waals surface area contributed by atoms with Gasteiger partial charge in [-0.1, -0.05) is 0 Å². The molecule has 130 valence electrons. The Labute approximate surface area is 150 Å². The third-order valence-corrected chi connectivity index (χ3v) is 4.66. The summed E-state index contributed by atoms with van der Waals surface area (Å²) in [5.41, 5.74) is 6.07. The monoisotopic (exact) mass is 346 g/mol.